The summed E-state index contributed by atoms with van der Waals surface area (Å²) in [5.41, 5.74) is 8.60. The normalized spacial score (nSPS) is 10.1. The van der Waals surface area contributed by atoms with E-state index in [-0.39, 0.29) is 0 Å². The Hall–Kier alpha value is -1.75. The van der Waals surface area contributed by atoms with Gasteiger partial charge in [-0.15, -0.1) is 0 Å². The number of benzene rings is 1. The molecule has 2 aromatic rings. The van der Waals surface area contributed by atoms with Crippen molar-refractivity contribution >= 4 is 27.3 Å². The van der Waals surface area contributed by atoms with Crippen LogP contribution in [0, 0.1) is 0 Å². The standard InChI is InChI=1S/C13H14BrN3O/c1-18-13-6-9(4-5-16-13)8-17-12-7-10(14)2-3-11(12)15/h2-7,17H,8,15H2,1H3. The number of nitrogen functional groups attached to an aromatic ring is 1. The highest BCUT2D eigenvalue weighted by molar-refractivity contribution is 9.10. The molecule has 0 fully saturated rings. The summed E-state index contributed by atoms with van der Waals surface area (Å²) in [7, 11) is 1.60. The van der Waals surface area contributed by atoms with Gasteiger partial charge in [0.15, 0.2) is 0 Å². The number of hydrogen-bond donors (Lipinski definition) is 2. The molecule has 3 N–H and O–H groups in total. The van der Waals surface area contributed by atoms with E-state index in [1.165, 1.54) is 0 Å². The molecule has 1 aromatic carbocycles. The number of nitrogens with zero attached hydrogens (tertiary/aromatic N) is 1. The smallest absolute Gasteiger partial charge is 0.213 e. The number of nitrogens with two attached hydrogens (primary N) is 1. The summed E-state index contributed by atoms with van der Waals surface area (Å²) in [4.78, 5) is 4.06. The van der Waals surface area contributed by atoms with Crippen molar-refractivity contribution in [3.63, 3.8) is 0 Å². The number of halogens is 1. The molecular formula is C13H14BrN3O. The van der Waals surface area contributed by atoms with Gasteiger partial charge >= 0.3 is 0 Å². The number of anilines is 2. The maximum Gasteiger partial charge on any atom is 0.213 e. The molecule has 2 rings (SSSR count). The van der Waals surface area contributed by atoms with Gasteiger partial charge in [0.25, 0.3) is 0 Å². The number of nitrogens with one attached hydrogen (secondary N) is 1. The third-order valence-corrected chi connectivity index (χ3v) is 3.00. The summed E-state index contributed by atoms with van der Waals surface area (Å²) in [5.74, 6) is 0.608. The Balaban J connectivity index is 2.08. The second-order valence-corrected chi connectivity index (χ2v) is 4.71. The van der Waals surface area contributed by atoms with Crippen LogP contribution in [-0.2, 0) is 6.54 Å². The first kappa shape index (κ1) is 12.7. The molecule has 0 amide bonds. The van der Waals surface area contributed by atoms with Crippen molar-refractivity contribution in [2.24, 2.45) is 0 Å². The lowest BCUT2D eigenvalue weighted by molar-refractivity contribution is 0.397. The molecule has 94 valence electrons. The summed E-state index contributed by atoms with van der Waals surface area (Å²) in [6, 6.07) is 9.55. The number of ether oxygens (including phenoxy) is 1. The third kappa shape index (κ3) is 3.13. The lowest BCUT2D eigenvalue weighted by Crippen LogP contribution is -2.03. The molecule has 5 heteroatoms. The Labute approximate surface area is 114 Å². The Morgan fingerprint density at radius 1 is 1.33 bits per heavy atom. The van der Waals surface area contributed by atoms with Gasteiger partial charge in [-0.1, -0.05) is 15.9 Å². The fourth-order valence-corrected chi connectivity index (χ4v) is 1.91. The zero-order valence-electron chi connectivity index (χ0n) is 9.98. The van der Waals surface area contributed by atoms with Crippen LogP contribution in [0.5, 0.6) is 5.88 Å². The molecule has 0 aliphatic rings. The van der Waals surface area contributed by atoms with Crippen molar-refractivity contribution in [1.82, 2.24) is 4.98 Å². The fourth-order valence-electron chi connectivity index (χ4n) is 1.55. The molecule has 0 aliphatic carbocycles. The maximum atomic E-state index is 5.89. The van der Waals surface area contributed by atoms with E-state index in [2.05, 4.69) is 26.2 Å². The first-order valence-corrected chi connectivity index (χ1v) is 6.26. The number of rotatable bonds is 4. The lowest BCUT2D eigenvalue weighted by atomic mass is 10.2. The van der Waals surface area contributed by atoms with Gasteiger partial charge in [-0.05, 0) is 29.8 Å². The van der Waals surface area contributed by atoms with Crippen molar-refractivity contribution in [1.29, 1.82) is 0 Å². The van der Waals surface area contributed by atoms with Crippen LogP contribution in [0.1, 0.15) is 5.56 Å². The van der Waals surface area contributed by atoms with Gasteiger partial charge in [-0.2, -0.15) is 0 Å². The molecule has 0 unspecified atom stereocenters. The van der Waals surface area contributed by atoms with Gasteiger partial charge in [0, 0.05) is 23.3 Å². The summed E-state index contributed by atoms with van der Waals surface area (Å²) in [6.45, 7) is 0.666. The van der Waals surface area contributed by atoms with Crippen LogP contribution in [0.3, 0.4) is 0 Å². The second-order valence-electron chi connectivity index (χ2n) is 3.79. The Morgan fingerprint density at radius 3 is 2.94 bits per heavy atom. The van der Waals surface area contributed by atoms with Crippen molar-refractivity contribution in [2.75, 3.05) is 18.2 Å². The highest BCUT2D eigenvalue weighted by Gasteiger charge is 2.01. The van der Waals surface area contributed by atoms with Gasteiger partial charge in [-0.3, -0.25) is 0 Å². The number of pyridine rings is 1. The predicted octanol–water partition coefficient (Wildman–Crippen LogP) is 3.05. The predicted molar refractivity (Wildman–Crippen MR) is 76.7 cm³/mol. The van der Waals surface area contributed by atoms with Crippen LogP contribution in [-0.4, -0.2) is 12.1 Å². The number of methoxy groups -OCH3 is 1. The van der Waals surface area contributed by atoms with Crippen molar-refractivity contribution in [3.8, 4) is 5.88 Å². The molecule has 0 spiro atoms. The molecule has 0 saturated heterocycles. The zero-order chi connectivity index (χ0) is 13.0. The first-order chi connectivity index (χ1) is 8.69. The Kier molecular flexibility index (Phi) is 4.04. The molecule has 0 radical (unpaired) electrons. The molecule has 0 bridgehead atoms. The molecule has 0 saturated carbocycles. The van der Waals surface area contributed by atoms with E-state index < -0.39 is 0 Å². The minimum atomic E-state index is 0.608. The molecule has 1 heterocycles. The highest BCUT2D eigenvalue weighted by Crippen LogP contribution is 2.24. The molecule has 4 nitrogen and oxygen atoms in total. The highest BCUT2D eigenvalue weighted by atomic mass is 79.9. The van der Waals surface area contributed by atoms with E-state index in [0.29, 0.717) is 12.4 Å². The van der Waals surface area contributed by atoms with Gasteiger partial charge in [0.05, 0.1) is 18.5 Å². The van der Waals surface area contributed by atoms with Gasteiger partial charge < -0.3 is 15.8 Å². The van der Waals surface area contributed by atoms with E-state index >= 15 is 0 Å². The van der Waals surface area contributed by atoms with Crippen LogP contribution in [0.15, 0.2) is 41.0 Å². The Bertz CT molecular complexity index is 546. The minimum Gasteiger partial charge on any atom is -0.481 e. The molecule has 18 heavy (non-hydrogen) atoms. The van der Waals surface area contributed by atoms with Gasteiger partial charge in [0.1, 0.15) is 0 Å². The number of aromatic nitrogens is 1. The largest absolute Gasteiger partial charge is 0.481 e. The van der Waals surface area contributed by atoms with E-state index in [1.807, 2.05) is 30.3 Å². The van der Waals surface area contributed by atoms with Gasteiger partial charge in [0.2, 0.25) is 5.88 Å². The SMILES string of the molecule is COc1cc(CNc2cc(Br)ccc2N)ccn1. The number of hydrogen-bond acceptors (Lipinski definition) is 4. The quantitative estimate of drug-likeness (QED) is 0.852. The summed E-state index contributed by atoms with van der Waals surface area (Å²) >= 11 is 3.42. The zero-order valence-corrected chi connectivity index (χ0v) is 11.6. The Morgan fingerprint density at radius 2 is 2.17 bits per heavy atom. The first-order valence-electron chi connectivity index (χ1n) is 5.47. The van der Waals surface area contributed by atoms with Crippen molar-refractivity contribution in [2.45, 2.75) is 6.54 Å². The maximum absolute atomic E-state index is 5.89. The average Bonchev–Trinajstić information content (AvgIpc) is 2.40. The van der Waals surface area contributed by atoms with Crippen LogP contribution < -0.4 is 15.8 Å². The molecule has 0 atom stereocenters. The fraction of sp³-hybridized carbons (Fsp3) is 0.154. The third-order valence-electron chi connectivity index (χ3n) is 2.51. The topological polar surface area (TPSA) is 60.2 Å². The lowest BCUT2D eigenvalue weighted by Gasteiger charge is -2.10. The molecular weight excluding hydrogens is 294 g/mol. The van der Waals surface area contributed by atoms with Crippen molar-refractivity contribution < 1.29 is 4.74 Å². The van der Waals surface area contributed by atoms with Crippen LogP contribution in [0.4, 0.5) is 11.4 Å². The van der Waals surface area contributed by atoms with E-state index in [0.717, 1.165) is 21.4 Å². The molecule has 1 aromatic heterocycles. The monoisotopic (exact) mass is 307 g/mol. The van der Waals surface area contributed by atoms with E-state index in [9.17, 15) is 0 Å². The summed E-state index contributed by atoms with van der Waals surface area (Å²) in [6.07, 6.45) is 1.72. The molecule has 0 aliphatic heterocycles. The minimum absolute atomic E-state index is 0.608. The second kappa shape index (κ2) is 5.73. The van der Waals surface area contributed by atoms with Crippen LogP contribution in [0.25, 0.3) is 0 Å². The summed E-state index contributed by atoms with van der Waals surface area (Å²) < 4.78 is 6.07. The van der Waals surface area contributed by atoms with Crippen LogP contribution in [0.2, 0.25) is 0 Å². The van der Waals surface area contributed by atoms with Crippen molar-refractivity contribution in [3.05, 3.63) is 46.6 Å². The van der Waals surface area contributed by atoms with Gasteiger partial charge in [-0.25, -0.2) is 4.98 Å². The summed E-state index contributed by atoms with van der Waals surface area (Å²) in [5, 5.41) is 3.28. The van der Waals surface area contributed by atoms with E-state index in [1.54, 1.807) is 13.3 Å². The van der Waals surface area contributed by atoms with Crippen LogP contribution >= 0.6 is 15.9 Å². The average molecular weight is 308 g/mol. The van der Waals surface area contributed by atoms with E-state index in [4.69, 9.17) is 10.5 Å².